The number of nitrogens with one attached hydrogen (secondary N) is 2. The summed E-state index contributed by atoms with van der Waals surface area (Å²) >= 11 is 14.1. The Morgan fingerprint density at radius 1 is 0.980 bits per heavy atom. The molecule has 50 heavy (non-hydrogen) atoms. The molecule has 0 saturated heterocycles. The standard InChI is InChI=1S/C35H42Cl2N5O6PS/c1-5-46-34(43)24(4)41-49(45,48-29-9-7-6-8-10-29)16-15-39-20-25-11-13-26(14-12-25)21-42-31(22-47-35(38)44)40-32(23(2)3)33(42)50-30-18-27(36)17-28(37)19-30/h6-14,17-19,23-24,39H,5,15-16,20-22H2,1-4H3,(H2,38,44)(H,41,45)/t24-,49?/m0/s1. The predicted octanol–water partition coefficient (Wildman–Crippen LogP) is 8.01. The molecule has 0 bridgehead atoms. The van der Waals surface area contributed by atoms with Crippen molar-refractivity contribution in [1.82, 2.24) is 20.0 Å². The third kappa shape index (κ3) is 11.8. The van der Waals surface area contributed by atoms with Gasteiger partial charge < -0.3 is 29.6 Å². The maximum Gasteiger partial charge on any atom is 0.404 e. The van der Waals surface area contributed by atoms with Crippen molar-refractivity contribution >= 4 is 54.5 Å². The Morgan fingerprint density at radius 3 is 2.26 bits per heavy atom. The zero-order valence-electron chi connectivity index (χ0n) is 28.4. The van der Waals surface area contributed by atoms with Gasteiger partial charge in [-0.15, -0.1) is 0 Å². The van der Waals surface area contributed by atoms with Crippen LogP contribution in [0, 0.1) is 0 Å². The van der Waals surface area contributed by atoms with Crippen LogP contribution in [0.4, 0.5) is 4.79 Å². The van der Waals surface area contributed by atoms with Crippen LogP contribution in [0.3, 0.4) is 0 Å². The molecule has 1 aromatic heterocycles. The lowest BCUT2D eigenvalue weighted by Crippen LogP contribution is -2.36. The van der Waals surface area contributed by atoms with Crippen molar-refractivity contribution in [3.63, 3.8) is 0 Å². The number of amides is 1. The van der Waals surface area contributed by atoms with Crippen molar-refractivity contribution in [3.8, 4) is 5.75 Å². The number of nitrogens with zero attached hydrogens (tertiary/aromatic N) is 2. The lowest BCUT2D eigenvalue weighted by Gasteiger charge is -2.23. The molecule has 4 rings (SSSR count). The molecule has 1 amide bonds. The maximum atomic E-state index is 13.8. The van der Waals surface area contributed by atoms with Crippen molar-refractivity contribution < 1.29 is 28.2 Å². The second-order valence-electron chi connectivity index (χ2n) is 11.7. The normalized spacial score (nSPS) is 13.1. The van der Waals surface area contributed by atoms with E-state index in [0.717, 1.165) is 26.7 Å². The van der Waals surface area contributed by atoms with Crippen molar-refractivity contribution in [3.05, 3.63) is 105 Å². The van der Waals surface area contributed by atoms with Crippen LogP contribution in [0.5, 0.6) is 5.75 Å². The van der Waals surface area contributed by atoms with E-state index in [1.54, 1.807) is 44.2 Å². The summed E-state index contributed by atoms with van der Waals surface area (Å²) < 4.78 is 32.0. The largest absolute Gasteiger partial charge is 0.465 e. The Kier molecular flexibility index (Phi) is 14.6. The topological polar surface area (TPSA) is 147 Å². The van der Waals surface area contributed by atoms with Gasteiger partial charge in [0.25, 0.3) is 0 Å². The van der Waals surface area contributed by atoms with Gasteiger partial charge in [-0.25, -0.2) is 14.9 Å². The number of hydrogen-bond acceptors (Lipinski definition) is 9. The van der Waals surface area contributed by atoms with Gasteiger partial charge >= 0.3 is 19.6 Å². The zero-order valence-corrected chi connectivity index (χ0v) is 31.6. The number of carbonyl (C=O) groups is 2. The van der Waals surface area contributed by atoms with E-state index in [2.05, 4.69) is 10.4 Å². The molecule has 2 atom stereocenters. The fourth-order valence-electron chi connectivity index (χ4n) is 4.90. The molecule has 11 nitrogen and oxygen atoms in total. The highest BCUT2D eigenvalue weighted by Crippen LogP contribution is 2.43. The lowest BCUT2D eigenvalue weighted by molar-refractivity contribution is -0.144. The lowest BCUT2D eigenvalue weighted by atomic mass is 10.1. The minimum absolute atomic E-state index is 0.0751. The number of rotatable bonds is 18. The monoisotopic (exact) mass is 761 g/mol. The summed E-state index contributed by atoms with van der Waals surface area (Å²) in [6, 6.07) is 21.4. The van der Waals surface area contributed by atoms with Crippen LogP contribution in [0.15, 0.2) is 82.7 Å². The molecule has 268 valence electrons. The molecular formula is C35H42Cl2N5O6PS. The van der Waals surface area contributed by atoms with Gasteiger partial charge in [0.2, 0.25) is 0 Å². The van der Waals surface area contributed by atoms with E-state index in [-0.39, 0.29) is 25.3 Å². The molecule has 1 heterocycles. The smallest absolute Gasteiger partial charge is 0.404 e. The maximum absolute atomic E-state index is 13.8. The highest BCUT2D eigenvalue weighted by molar-refractivity contribution is 7.99. The average molecular weight is 763 g/mol. The first-order chi connectivity index (χ1) is 23.9. The average Bonchev–Trinajstić information content (AvgIpc) is 3.39. The molecule has 0 aliphatic carbocycles. The SMILES string of the molecule is CCOC(=O)[C@H](C)NP(=O)(CCNCc1ccc(Cn2c(COC(N)=O)nc(C(C)C)c2Sc2cc(Cl)cc(Cl)c2)cc1)Oc1ccccc1. The first-order valence-corrected chi connectivity index (χ1v) is 19.5. The first-order valence-electron chi connectivity index (χ1n) is 16.1. The number of ether oxygens (including phenoxy) is 2. The summed E-state index contributed by atoms with van der Waals surface area (Å²) in [5.74, 6) is 0.573. The second-order valence-corrected chi connectivity index (χ2v) is 15.8. The van der Waals surface area contributed by atoms with Gasteiger partial charge in [-0.2, -0.15) is 0 Å². The van der Waals surface area contributed by atoms with Gasteiger partial charge in [0.15, 0.2) is 6.61 Å². The molecule has 0 radical (unpaired) electrons. The molecule has 0 saturated carbocycles. The number of carbonyl (C=O) groups excluding carboxylic acids is 2. The zero-order chi connectivity index (χ0) is 36.3. The number of imidazole rings is 1. The Morgan fingerprint density at radius 2 is 1.64 bits per heavy atom. The third-order valence-electron chi connectivity index (χ3n) is 7.27. The molecule has 15 heteroatoms. The van der Waals surface area contributed by atoms with E-state index in [1.807, 2.05) is 60.9 Å². The molecule has 4 N–H and O–H groups in total. The number of hydrogen-bond donors (Lipinski definition) is 3. The minimum atomic E-state index is -3.48. The second kappa shape index (κ2) is 18.6. The number of benzene rings is 3. The quantitative estimate of drug-likeness (QED) is 0.0518. The van der Waals surface area contributed by atoms with Crippen molar-refractivity contribution in [1.29, 1.82) is 0 Å². The Labute approximate surface area is 307 Å². The Balaban J connectivity index is 1.46. The molecule has 0 aliphatic heterocycles. The van der Waals surface area contributed by atoms with Crippen molar-refractivity contribution in [2.45, 2.75) is 69.3 Å². The van der Waals surface area contributed by atoms with Crippen LogP contribution in [0.1, 0.15) is 56.3 Å². The van der Waals surface area contributed by atoms with E-state index < -0.39 is 25.6 Å². The summed E-state index contributed by atoms with van der Waals surface area (Å²) in [4.78, 5) is 29.4. The van der Waals surface area contributed by atoms with E-state index in [0.29, 0.717) is 41.3 Å². The number of halogens is 2. The molecular weight excluding hydrogens is 720 g/mol. The first kappa shape index (κ1) is 39.3. The minimum Gasteiger partial charge on any atom is -0.465 e. The van der Waals surface area contributed by atoms with Crippen LogP contribution in [-0.4, -0.2) is 47.0 Å². The molecule has 0 fully saturated rings. The van der Waals surface area contributed by atoms with Gasteiger partial charge in [-0.05, 0) is 61.2 Å². The van der Waals surface area contributed by atoms with Crippen LogP contribution < -0.4 is 20.7 Å². The summed E-state index contributed by atoms with van der Waals surface area (Å²) in [6.45, 7) is 8.87. The fourth-order valence-corrected chi connectivity index (χ4v) is 8.70. The van der Waals surface area contributed by atoms with E-state index >= 15 is 0 Å². The number of nitrogens with two attached hydrogens (primary N) is 1. The fraction of sp³-hybridized carbons (Fsp3) is 0.343. The molecule has 0 spiro atoms. The van der Waals surface area contributed by atoms with Crippen LogP contribution >= 0.6 is 42.5 Å². The molecule has 4 aromatic rings. The van der Waals surface area contributed by atoms with E-state index in [9.17, 15) is 14.2 Å². The van der Waals surface area contributed by atoms with Crippen molar-refractivity contribution in [2.75, 3.05) is 19.3 Å². The number of para-hydroxylation sites is 1. The summed E-state index contributed by atoms with van der Waals surface area (Å²) in [5, 5.41) is 8.12. The van der Waals surface area contributed by atoms with Crippen molar-refractivity contribution in [2.24, 2.45) is 5.73 Å². The molecule has 1 unspecified atom stereocenters. The van der Waals surface area contributed by atoms with Crippen LogP contribution in [0.2, 0.25) is 10.0 Å². The van der Waals surface area contributed by atoms with Gasteiger partial charge in [-0.3, -0.25) is 9.36 Å². The Hall–Kier alpha value is -3.51. The summed E-state index contributed by atoms with van der Waals surface area (Å²) in [6.07, 6.45) is -0.748. The number of esters is 1. The van der Waals surface area contributed by atoms with E-state index in [1.165, 1.54) is 11.8 Å². The van der Waals surface area contributed by atoms with Gasteiger partial charge in [0.05, 0.1) is 18.5 Å². The Bertz CT molecular complexity index is 1770. The van der Waals surface area contributed by atoms with Gasteiger partial charge in [0.1, 0.15) is 22.6 Å². The van der Waals surface area contributed by atoms with Gasteiger partial charge in [0, 0.05) is 34.6 Å². The number of primary amides is 1. The molecule has 3 aromatic carbocycles. The third-order valence-corrected chi connectivity index (χ3v) is 10.9. The summed E-state index contributed by atoms with van der Waals surface area (Å²) in [5.41, 5.74) is 8.13. The number of aromatic nitrogens is 2. The predicted molar refractivity (Wildman–Crippen MR) is 197 cm³/mol. The summed E-state index contributed by atoms with van der Waals surface area (Å²) in [7, 11) is -3.48. The molecule has 0 aliphatic rings. The highest BCUT2D eigenvalue weighted by atomic mass is 35.5. The van der Waals surface area contributed by atoms with Crippen LogP contribution in [0.25, 0.3) is 0 Å². The van der Waals surface area contributed by atoms with Crippen LogP contribution in [-0.2, 0) is 38.5 Å². The highest BCUT2D eigenvalue weighted by Gasteiger charge is 2.30. The van der Waals surface area contributed by atoms with Gasteiger partial charge in [-0.1, -0.05) is 91.3 Å². The van der Waals surface area contributed by atoms with E-state index in [4.69, 9.17) is 47.9 Å².